The molecule has 10 heteroatoms. The van der Waals surface area contributed by atoms with Crippen LogP contribution in [0.3, 0.4) is 0 Å². The second-order valence-corrected chi connectivity index (χ2v) is 9.70. The summed E-state index contributed by atoms with van der Waals surface area (Å²) in [6, 6.07) is 10.1. The average Bonchev–Trinajstić information content (AvgIpc) is 3.51. The summed E-state index contributed by atoms with van der Waals surface area (Å²) in [7, 11) is 0. The van der Waals surface area contributed by atoms with Gasteiger partial charge in [-0.3, -0.25) is 4.79 Å². The van der Waals surface area contributed by atoms with Crippen LogP contribution in [0.25, 0.3) is 16.9 Å². The van der Waals surface area contributed by atoms with E-state index in [2.05, 4.69) is 31.4 Å². The molecular weight excluding hydrogens is 446 g/mol. The molecule has 4 heterocycles. The SMILES string of the molecule is Cc1cc(-c2ccnc3cc(N4CCOCC4)nn23)ccc1CNC(=O)c1noc(C(C)(C)C)n1. The van der Waals surface area contributed by atoms with Gasteiger partial charge in [-0.2, -0.15) is 4.98 Å². The number of nitrogens with one attached hydrogen (secondary N) is 1. The maximum absolute atomic E-state index is 12.5. The molecule has 0 saturated carbocycles. The summed E-state index contributed by atoms with van der Waals surface area (Å²) in [6.07, 6.45) is 1.80. The number of hydrogen-bond acceptors (Lipinski definition) is 8. The molecule has 5 rings (SSSR count). The number of aryl methyl sites for hydroxylation is 1. The molecule has 1 fully saturated rings. The standard InChI is InChI=1S/C25H29N7O3/c1-16-13-17(5-6-18(16)15-27-23(33)22-28-24(35-30-22)25(2,3)4)19-7-8-26-20-14-21(29-32(19)20)31-9-11-34-12-10-31/h5-8,13-14H,9-12,15H2,1-4H3,(H,27,33). The van der Waals surface area contributed by atoms with Gasteiger partial charge in [0.1, 0.15) is 0 Å². The molecule has 1 aromatic carbocycles. The number of nitrogens with zero attached hydrogens (tertiary/aromatic N) is 6. The van der Waals surface area contributed by atoms with Crippen LogP contribution in [0.1, 0.15) is 48.4 Å². The minimum atomic E-state index is -0.365. The fourth-order valence-electron chi connectivity index (χ4n) is 3.98. The number of carbonyl (C=O) groups is 1. The highest BCUT2D eigenvalue weighted by molar-refractivity contribution is 5.90. The second kappa shape index (κ2) is 9.10. The molecule has 35 heavy (non-hydrogen) atoms. The lowest BCUT2D eigenvalue weighted by molar-refractivity contribution is 0.0937. The Hall–Kier alpha value is -3.79. The van der Waals surface area contributed by atoms with Gasteiger partial charge >= 0.3 is 0 Å². The number of amides is 1. The Morgan fingerprint density at radius 2 is 1.94 bits per heavy atom. The summed E-state index contributed by atoms with van der Waals surface area (Å²) in [5.41, 5.74) is 4.52. The number of benzene rings is 1. The summed E-state index contributed by atoms with van der Waals surface area (Å²) < 4.78 is 12.6. The molecule has 0 aliphatic carbocycles. The van der Waals surface area contributed by atoms with Crippen LogP contribution in [0.4, 0.5) is 5.82 Å². The smallest absolute Gasteiger partial charge is 0.292 e. The maximum Gasteiger partial charge on any atom is 0.292 e. The monoisotopic (exact) mass is 475 g/mol. The summed E-state index contributed by atoms with van der Waals surface area (Å²) in [5.74, 6) is 1.01. The van der Waals surface area contributed by atoms with Gasteiger partial charge in [-0.15, -0.1) is 5.10 Å². The molecule has 0 bridgehead atoms. The number of aromatic nitrogens is 5. The van der Waals surface area contributed by atoms with Crippen LogP contribution in [-0.2, 0) is 16.7 Å². The van der Waals surface area contributed by atoms with E-state index in [4.69, 9.17) is 14.4 Å². The maximum atomic E-state index is 12.5. The number of carbonyl (C=O) groups excluding carboxylic acids is 1. The number of anilines is 1. The van der Waals surface area contributed by atoms with Crippen molar-refractivity contribution in [1.82, 2.24) is 30.1 Å². The molecule has 1 saturated heterocycles. The van der Waals surface area contributed by atoms with Crippen LogP contribution < -0.4 is 10.2 Å². The van der Waals surface area contributed by atoms with Gasteiger partial charge in [0, 0.05) is 42.9 Å². The van der Waals surface area contributed by atoms with Gasteiger partial charge in [-0.1, -0.05) is 38.1 Å². The van der Waals surface area contributed by atoms with E-state index in [1.54, 1.807) is 6.20 Å². The van der Waals surface area contributed by atoms with Gasteiger partial charge in [0.25, 0.3) is 11.7 Å². The van der Waals surface area contributed by atoms with Crippen LogP contribution in [0.5, 0.6) is 0 Å². The van der Waals surface area contributed by atoms with Gasteiger partial charge in [-0.25, -0.2) is 9.50 Å². The molecule has 182 valence electrons. The topological polar surface area (TPSA) is 111 Å². The van der Waals surface area contributed by atoms with Crippen molar-refractivity contribution in [1.29, 1.82) is 0 Å². The van der Waals surface area contributed by atoms with E-state index in [-0.39, 0.29) is 17.1 Å². The second-order valence-electron chi connectivity index (χ2n) is 9.70. The van der Waals surface area contributed by atoms with Crippen LogP contribution in [0.15, 0.2) is 41.1 Å². The Bertz CT molecular complexity index is 1360. The van der Waals surface area contributed by atoms with E-state index in [1.165, 1.54) is 0 Å². The first-order chi connectivity index (χ1) is 16.8. The van der Waals surface area contributed by atoms with Crippen molar-refractivity contribution >= 4 is 17.4 Å². The fourth-order valence-corrected chi connectivity index (χ4v) is 3.98. The molecular formula is C25H29N7O3. The molecule has 1 amide bonds. The summed E-state index contributed by atoms with van der Waals surface area (Å²) >= 11 is 0. The van der Waals surface area contributed by atoms with E-state index >= 15 is 0 Å². The van der Waals surface area contributed by atoms with E-state index in [9.17, 15) is 4.79 Å². The summed E-state index contributed by atoms with van der Waals surface area (Å²) in [5, 5.41) is 11.5. The zero-order valence-electron chi connectivity index (χ0n) is 20.4. The molecule has 1 aliphatic rings. The first-order valence-electron chi connectivity index (χ1n) is 11.7. The predicted octanol–water partition coefficient (Wildman–Crippen LogP) is 3.15. The molecule has 3 aromatic heterocycles. The third-order valence-corrected chi connectivity index (χ3v) is 6.03. The van der Waals surface area contributed by atoms with E-state index in [0.29, 0.717) is 25.6 Å². The van der Waals surface area contributed by atoms with Gasteiger partial charge in [0.2, 0.25) is 5.89 Å². The van der Waals surface area contributed by atoms with Crippen molar-refractivity contribution in [2.75, 3.05) is 31.2 Å². The number of fused-ring (bicyclic) bond motifs is 1. The molecule has 0 radical (unpaired) electrons. The lowest BCUT2D eigenvalue weighted by atomic mass is 9.97. The van der Waals surface area contributed by atoms with Gasteiger partial charge in [-0.05, 0) is 30.2 Å². The van der Waals surface area contributed by atoms with E-state index in [0.717, 1.165) is 46.9 Å². The van der Waals surface area contributed by atoms with Crippen molar-refractivity contribution in [3.8, 4) is 11.3 Å². The highest BCUT2D eigenvalue weighted by Crippen LogP contribution is 2.25. The third-order valence-electron chi connectivity index (χ3n) is 6.03. The number of morpholine rings is 1. The van der Waals surface area contributed by atoms with E-state index < -0.39 is 0 Å². The van der Waals surface area contributed by atoms with Crippen molar-refractivity contribution < 1.29 is 14.1 Å². The average molecular weight is 476 g/mol. The normalized spacial score (nSPS) is 14.5. The molecule has 4 aromatic rings. The van der Waals surface area contributed by atoms with Gasteiger partial charge in [0.05, 0.1) is 18.9 Å². The number of rotatable bonds is 5. The Kier molecular flexibility index (Phi) is 5.98. The van der Waals surface area contributed by atoms with Crippen LogP contribution in [-0.4, -0.2) is 56.9 Å². The first-order valence-corrected chi connectivity index (χ1v) is 11.7. The van der Waals surface area contributed by atoms with Crippen LogP contribution in [0.2, 0.25) is 0 Å². The van der Waals surface area contributed by atoms with Gasteiger partial charge < -0.3 is 19.5 Å². The lowest BCUT2D eigenvalue weighted by Gasteiger charge is -2.26. The van der Waals surface area contributed by atoms with Gasteiger partial charge in [0.15, 0.2) is 11.5 Å². The summed E-state index contributed by atoms with van der Waals surface area (Å²) in [4.78, 5) is 23.4. The Balaban J connectivity index is 1.33. The fraction of sp³-hybridized carbons (Fsp3) is 0.400. The Labute approximate surface area is 203 Å². The summed E-state index contributed by atoms with van der Waals surface area (Å²) in [6.45, 7) is 11.3. The largest absolute Gasteiger partial charge is 0.378 e. The molecule has 0 spiro atoms. The van der Waals surface area contributed by atoms with Crippen molar-refractivity contribution in [2.24, 2.45) is 0 Å². The van der Waals surface area contributed by atoms with Crippen LogP contribution >= 0.6 is 0 Å². The van der Waals surface area contributed by atoms with Crippen LogP contribution in [0, 0.1) is 6.92 Å². The molecule has 1 N–H and O–H groups in total. The minimum Gasteiger partial charge on any atom is -0.378 e. The highest BCUT2D eigenvalue weighted by atomic mass is 16.5. The molecule has 0 unspecified atom stereocenters. The molecule has 10 nitrogen and oxygen atoms in total. The lowest BCUT2D eigenvalue weighted by Crippen LogP contribution is -2.36. The zero-order valence-corrected chi connectivity index (χ0v) is 20.4. The van der Waals surface area contributed by atoms with Crippen molar-refractivity contribution in [3.05, 3.63) is 59.4 Å². The van der Waals surface area contributed by atoms with Crippen molar-refractivity contribution in [3.63, 3.8) is 0 Å². The molecule has 0 atom stereocenters. The number of ether oxygens (including phenoxy) is 1. The highest BCUT2D eigenvalue weighted by Gasteiger charge is 2.24. The number of hydrogen-bond donors (Lipinski definition) is 1. The molecule has 1 aliphatic heterocycles. The van der Waals surface area contributed by atoms with E-state index in [1.807, 2.05) is 56.5 Å². The third kappa shape index (κ3) is 4.74. The quantitative estimate of drug-likeness (QED) is 0.469. The first kappa shape index (κ1) is 23.0. The zero-order chi connectivity index (χ0) is 24.6. The van der Waals surface area contributed by atoms with Crippen molar-refractivity contribution in [2.45, 2.75) is 39.7 Å². The minimum absolute atomic E-state index is 0.0399. The predicted molar refractivity (Wildman–Crippen MR) is 130 cm³/mol. The Morgan fingerprint density at radius 3 is 2.66 bits per heavy atom. The Morgan fingerprint density at radius 1 is 1.14 bits per heavy atom.